The van der Waals surface area contributed by atoms with Crippen LogP contribution in [0, 0.1) is 0 Å². The Balaban J connectivity index is 2.27. The van der Waals surface area contributed by atoms with Crippen molar-refractivity contribution in [1.29, 1.82) is 0 Å². The van der Waals surface area contributed by atoms with Crippen LogP contribution in [0.5, 0.6) is 0 Å². The molecule has 0 aliphatic rings. The summed E-state index contributed by atoms with van der Waals surface area (Å²) in [5, 5.41) is 3.26. The van der Waals surface area contributed by atoms with E-state index in [1.807, 2.05) is 26.0 Å². The third-order valence-corrected chi connectivity index (χ3v) is 3.11. The van der Waals surface area contributed by atoms with Gasteiger partial charge in [-0.2, -0.15) is 13.2 Å². The topological polar surface area (TPSA) is 24.9 Å². The molecule has 0 aliphatic heterocycles. The smallest absolute Gasteiger partial charge is 0.310 e. The number of benzene rings is 1. The number of halogens is 3. The van der Waals surface area contributed by atoms with Gasteiger partial charge in [0, 0.05) is 30.5 Å². The van der Waals surface area contributed by atoms with Gasteiger partial charge in [0.05, 0.1) is 5.56 Å². The molecule has 0 atom stereocenters. The molecule has 0 aliphatic carbocycles. The maximum atomic E-state index is 13.0. The van der Waals surface area contributed by atoms with Crippen molar-refractivity contribution in [2.75, 3.05) is 0 Å². The molecule has 5 heteroatoms. The minimum absolute atomic E-state index is 0.105. The molecule has 0 amide bonds. The fourth-order valence-corrected chi connectivity index (χ4v) is 2.00. The second-order valence-corrected chi connectivity index (χ2v) is 5.15. The molecule has 0 saturated heterocycles. The average Bonchev–Trinajstić information content (AvgIpc) is 2.45. The van der Waals surface area contributed by atoms with Crippen LogP contribution in [-0.2, 0) is 12.7 Å². The number of alkyl halides is 3. The van der Waals surface area contributed by atoms with Gasteiger partial charge >= 0.3 is 6.18 Å². The molecule has 1 N–H and O–H groups in total. The number of pyridine rings is 1. The molecule has 0 spiro atoms. The first-order valence-corrected chi connectivity index (χ1v) is 6.72. The summed E-state index contributed by atoms with van der Waals surface area (Å²) in [6.07, 6.45) is -1.96. The Labute approximate surface area is 122 Å². The molecule has 2 nitrogen and oxygen atoms in total. The average molecular weight is 294 g/mol. The first kappa shape index (κ1) is 15.5. The van der Waals surface area contributed by atoms with E-state index in [-0.39, 0.29) is 5.56 Å². The van der Waals surface area contributed by atoms with Crippen molar-refractivity contribution in [3.8, 4) is 11.1 Å². The first-order chi connectivity index (χ1) is 9.88. The summed E-state index contributed by atoms with van der Waals surface area (Å²) in [6, 6.07) is 8.42. The lowest BCUT2D eigenvalue weighted by molar-refractivity contribution is -0.137. The van der Waals surface area contributed by atoms with E-state index in [1.54, 1.807) is 12.1 Å². The lowest BCUT2D eigenvalue weighted by Gasteiger charge is -2.13. The Bertz CT molecular complexity index is 589. The van der Waals surface area contributed by atoms with E-state index in [9.17, 15) is 13.2 Å². The molecule has 1 heterocycles. The molecule has 1 aromatic carbocycles. The van der Waals surface area contributed by atoms with Crippen molar-refractivity contribution < 1.29 is 13.2 Å². The molecule has 0 unspecified atom stereocenters. The lowest BCUT2D eigenvalue weighted by Crippen LogP contribution is -2.21. The predicted octanol–water partition coefficient (Wildman–Crippen LogP) is 4.27. The molecule has 0 saturated carbocycles. The zero-order valence-corrected chi connectivity index (χ0v) is 11.9. The number of nitrogens with one attached hydrogen (secondary N) is 1. The van der Waals surface area contributed by atoms with Crippen molar-refractivity contribution in [3.63, 3.8) is 0 Å². The van der Waals surface area contributed by atoms with Crippen molar-refractivity contribution in [2.45, 2.75) is 32.6 Å². The molecule has 21 heavy (non-hydrogen) atoms. The van der Waals surface area contributed by atoms with Crippen LogP contribution in [0.4, 0.5) is 13.2 Å². The minimum atomic E-state index is -4.38. The predicted molar refractivity (Wildman–Crippen MR) is 76.7 cm³/mol. The Morgan fingerprint density at radius 2 is 1.76 bits per heavy atom. The highest BCUT2D eigenvalue weighted by molar-refractivity contribution is 5.67. The van der Waals surface area contributed by atoms with Gasteiger partial charge in [0.15, 0.2) is 0 Å². The summed E-state index contributed by atoms with van der Waals surface area (Å²) in [6.45, 7) is 4.77. The summed E-state index contributed by atoms with van der Waals surface area (Å²) in [4.78, 5) is 3.80. The summed E-state index contributed by atoms with van der Waals surface area (Å²) in [5.74, 6) is 0. The van der Waals surface area contributed by atoms with Crippen LogP contribution in [0.25, 0.3) is 11.1 Å². The van der Waals surface area contributed by atoms with Gasteiger partial charge in [-0.3, -0.25) is 4.98 Å². The van der Waals surface area contributed by atoms with Crippen LogP contribution >= 0.6 is 0 Å². The van der Waals surface area contributed by atoms with E-state index < -0.39 is 11.7 Å². The first-order valence-electron chi connectivity index (χ1n) is 6.72. The Hall–Kier alpha value is -1.88. The second kappa shape index (κ2) is 6.26. The SMILES string of the molecule is CC(C)NCc1ccc(-c2cnccc2C(F)(F)F)cc1. The van der Waals surface area contributed by atoms with E-state index in [1.165, 1.54) is 6.20 Å². The number of aromatic nitrogens is 1. The fourth-order valence-electron chi connectivity index (χ4n) is 2.00. The molecule has 1 aromatic heterocycles. The summed E-state index contributed by atoms with van der Waals surface area (Å²) >= 11 is 0. The van der Waals surface area contributed by atoms with Gasteiger partial charge in [0.25, 0.3) is 0 Å². The van der Waals surface area contributed by atoms with Crippen LogP contribution in [0.1, 0.15) is 25.0 Å². The molecule has 112 valence electrons. The van der Waals surface area contributed by atoms with E-state index in [0.717, 1.165) is 17.8 Å². The third-order valence-electron chi connectivity index (χ3n) is 3.11. The standard InChI is InChI=1S/C16H17F3N2/c1-11(2)21-9-12-3-5-13(6-4-12)14-10-20-8-7-15(14)16(17,18)19/h3-8,10-11,21H,9H2,1-2H3. The van der Waals surface area contributed by atoms with E-state index >= 15 is 0 Å². The molecular weight excluding hydrogens is 277 g/mol. The van der Waals surface area contributed by atoms with Crippen LogP contribution in [0.15, 0.2) is 42.7 Å². The molecule has 2 rings (SSSR count). The monoisotopic (exact) mass is 294 g/mol. The lowest BCUT2D eigenvalue weighted by atomic mass is 10.0. The zero-order chi connectivity index (χ0) is 15.5. The quantitative estimate of drug-likeness (QED) is 0.911. The van der Waals surface area contributed by atoms with Crippen LogP contribution in [0.3, 0.4) is 0 Å². The second-order valence-electron chi connectivity index (χ2n) is 5.15. The number of rotatable bonds is 4. The van der Waals surface area contributed by atoms with Crippen molar-refractivity contribution in [1.82, 2.24) is 10.3 Å². The van der Waals surface area contributed by atoms with Gasteiger partial charge in [-0.1, -0.05) is 38.1 Å². The van der Waals surface area contributed by atoms with Crippen LogP contribution < -0.4 is 5.32 Å². The van der Waals surface area contributed by atoms with E-state index in [2.05, 4.69) is 10.3 Å². The normalized spacial score (nSPS) is 11.9. The van der Waals surface area contributed by atoms with Crippen molar-refractivity contribution in [3.05, 3.63) is 53.9 Å². The highest BCUT2D eigenvalue weighted by atomic mass is 19.4. The molecule has 0 radical (unpaired) electrons. The number of hydrogen-bond acceptors (Lipinski definition) is 2. The molecule has 0 bridgehead atoms. The van der Waals surface area contributed by atoms with E-state index in [0.29, 0.717) is 18.2 Å². The maximum Gasteiger partial charge on any atom is 0.417 e. The number of hydrogen-bond donors (Lipinski definition) is 1. The Morgan fingerprint density at radius 3 is 2.33 bits per heavy atom. The highest BCUT2D eigenvalue weighted by Crippen LogP contribution is 2.36. The van der Waals surface area contributed by atoms with Crippen molar-refractivity contribution in [2.24, 2.45) is 0 Å². The molecule has 2 aromatic rings. The number of nitrogens with zero attached hydrogens (tertiary/aromatic N) is 1. The fraction of sp³-hybridized carbons (Fsp3) is 0.312. The van der Waals surface area contributed by atoms with E-state index in [4.69, 9.17) is 0 Å². The maximum absolute atomic E-state index is 13.0. The summed E-state index contributed by atoms with van der Waals surface area (Å²) < 4.78 is 39.0. The van der Waals surface area contributed by atoms with Crippen LogP contribution in [-0.4, -0.2) is 11.0 Å². The minimum Gasteiger partial charge on any atom is -0.310 e. The zero-order valence-electron chi connectivity index (χ0n) is 11.9. The van der Waals surface area contributed by atoms with Gasteiger partial charge in [-0.05, 0) is 17.2 Å². The Kier molecular flexibility index (Phi) is 4.63. The molecule has 0 fully saturated rings. The Morgan fingerprint density at radius 1 is 1.10 bits per heavy atom. The van der Waals surface area contributed by atoms with Gasteiger partial charge in [0.2, 0.25) is 0 Å². The van der Waals surface area contributed by atoms with Gasteiger partial charge < -0.3 is 5.32 Å². The summed E-state index contributed by atoms with van der Waals surface area (Å²) in [7, 11) is 0. The van der Waals surface area contributed by atoms with Gasteiger partial charge in [0.1, 0.15) is 0 Å². The third kappa shape index (κ3) is 4.04. The van der Waals surface area contributed by atoms with Gasteiger partial charge in [-0.15, -0.1) is 0 Å². The van der Waals surface area contributed by atoms with Gasteiger partial charge in [-0.25, -0.2) is 0 Å². The van der Waals surface area contributed by atoms with Crippen LogP contribution in [0.2, 0.25) is 0 Å². The highest BCUT2D eigenvalue weighted by Gasteiger charge is 2.33. The summed E-state index contributed by atoms with van der Waals surface area (Å²) in [5.41, 5.74) is 0.993. The largest absolute Gasteiger partial charge is 0.417 e. The van der Waals surface area contributed by atoms with Crippen molar-refractivity contribution >= 4 is 0 Å². The molecular formula is C16H17F3N2.